The number of carbonyl (C=O) groups excluding carboxylic acids is 1. The number of hydrogen-bond acceptors (Lipinski definition) is 3. The van der Waals surface area contributed by atoms with Crippen LogP contribution in [0.15, 0.2) is 18.2 Å². The van der Waals surface area contributed by atoms with E-state index in [2.05, 4.69) is 0 Å². The molecule has 1 aromatic carbocycles. The number of rotatable bonds is 4. The molecule has 0 atom stereocenters. The lowest BCUT2D eigenvalue weighted by molar-refractivity contribution is -0.134. The molecule has 0 aliphatic rings. The van der Waals surface area contributed by atoms with E-state index in [4.69, 9.17) is 4.74 Å². The van der Waals surface area contributed by atoms with E-state index in [1.54, 1.807) is 12.1 Å². The van der Waals surface area contributed by atoms with E-state index >= 15 is 0 Å². The Morgan fingerprint density at radius 2 is 2.20 bits per heavy atom. The molecule has 82 valence electrons. The first-order valence-corrected chi connectivity index (χ1v) is 5.13. The Hall–Kier alpha value is -1.51. The molecule has 0 bridgehead atoms. The van der Waals surface area contributed by atoms with Crippen LogP contribution in [-0.4, -0.2) is 11.1 Å². The third-order valence-electron chi connectivity index (χ3n) is 2.13. The predicted octanol–water partition coefficient (Wildman–Crippen LogP) is 2.80. The lowest BCUT2D eigenvalue weighted by Crippen LogP contribution is -2.08. The molecule has 1 N–H and O–H groups in total. The number of benzene rings is 1. The molecule has 0 spiro atoms. The van der Waals surface area contributed by atoms with Gasteiger partial charge in [-0.3, -0.25) is 4.79 Å². The van der Waals surface area contributed by atoms with Crippen molar-refractivity contribution in [2.45, 2.75) is 33.1 Å². The summed E-state index contributed by atoms with van der Waals surface area (Å²) in [6.45, 7) is 3.86. The van der Waals surface area contributed by atoms with Crippen LogP contribution in [0.3, 0.4) is 0 Å². The van der Waals surface area contributed by atoms with Crippen LogP contribution in [0.5, 0.6) is 11.5 Å². The van der Waals surface area contributed by atoms with E-state index < -0.39 is 0 Å². The van der Waals surface area contributed by atoms with E-state index in [1.165, 1.54) is 6.07 Å². The minimum atomic E-state index is -0.245. The summed E-state index contributed by atoms with van der Waals surface area (Å²) in [4.78, 5) is 11.3. The van der Waals surface area contributed by atoms with E-state index in [0.717, 1.165) is 18.4 Å². The maximum atomic E-state index is 11.3. The summed E-state index contributed by atoms with van der Waals surface area (Å²) in [5.41, 5.74) is 0.845. The summed E-state index contributed by atoms with van der Waals surface area (Å²) >= 11 is 0. The van der Waals surface area contributed by atoms with Crippen LogP contribution in [0.2, 0.25) is 0 Å². The summed E-state index contributed by atoms with van der Waals surface area (Å²) in [5.74, 6) is 0.306. The standard InChI is InChI=1S/C12H16O3/c1-3-4-5-12(14)15-11-8-10(13)7-6-9(11)2/h6-8,13H,3-5H2,1-2H3. The molecule has 0 aromatic heterocycles. The zero-order chi connectivity index (χ0) is 11.3. The normalized spacial score (nSPS) is 10.0. The van der Waals surface area contributed by atoms with Crippen molar-refractivity contribution in [3.8, 4) is 11.5 Å². The molecule has 1 rings (SSSR count). The second kappa shape index (κ2) is 5.39. The first kappa shape index (κ1) is 11.6. The molecule has 1 aromatic rings. The van der Waals surface area contributed by atoms with Gasteiger partial charge in [0.15, 0.2) is 0 Å². The number of aryl methyl sites for hydroxylation is 1. The van der Waals surface area contributed by atoms with Gasteiger partial charge in [0.1, 0.15) is 11.5 Å². The Kier molecular flexibility index (Phi) is 4.16. The van der Waals surface area contributed by atoms with Gasteiger partial charge in [-0.05, 0) is 25.0 Å². The van der Waals surface area contributed by atoms with Crippen LogP contribution in [0.4, 0.5) is 0 Å². The maximum Gasteiger partial charge on any atom is 0.311 e. The number of unbranched alkanes of at least 4 members (excludes halogenated alkanes) is 1. The van der Waals surface area contributed by atoms with Gasteiger partial charge in [0, 0.05) is 12.5 Å². The van der Waals surface area contributed by atoms with Crippen molar-refractivity contribution in [3.05, 3.63) is 23.8 Å². The van der Waals surface area contributed by atoms with Crippen molar-refractivity contribution in [2.75, 3.05) is 0 Å². The molecule has 0 unspecified atom stereocenters. The van der Waals surface area contributed by atoms with Crippen molar-refractivity contribution in [1.29, 1.82) is 0 Å². The lowest BCUT2D eigenvalue weighted by Gasteiger charge is -2.07. The number of carbonyl (C=O) groups is 1. The van der Waals surface area contributed by atoms with Crippen LogP contribution in [0.1, 0.15) is 31.7 Å². The summed E-state index contributed by atoms with van der Waals surface area (Å²) in [5, 5.41) is 9.24. The van der Waals surface area contributed by atoms with Gasteiger partial charge < -0.3 is 9.84 Å². The second-order valence-corrected chi connectivity index (χ2v) is 3.53. The Morgan fingerprint density at radius 1 is 1.47 bits per heavy atom. The van der Waals surface area contributed by atoms with Gasteiger partial charge in [0.25, 0.3) is 0 Å². The van der Waals surface area contributed by atoms with Gasteiger partial charge in [0.05, 0.1) is 0 Å². The van der Waals surface area contributed by atoms with Crippen LogP contribution in [0, 0.1) is 6.92 Å². The molecular formula is C12H16O3. The third kappa shape index (κ3) is 3.62. The Morgan fingerprint density at radius 3 is 2.87 bits per heavy atom. The quantitative estimate of drug-likeness (QED) is 0.611. The van der Waals surface area contributed by atoms with E-state index in [0.29, 0.717) is 12.2 Å². The van der Waals surface area contributed by atoms with Crippen molar-refractivity contribution in [3.63, 3.8) is 0 Å². The summed E-state index contributed by atoms with van der Waals surface area (Å²) in [6, 6.07) is 4.75. The fraction of sp³-hybridized carbons (Fsp3) is 0.417. The van der Waals surface area contributed by atoms with Gasteiger partial charge in [0.2, 0.25) is 0 Å². The Balaban J connectivity index is 2.63. The first-order valence-electron chi connectivity index (χ1n) is 5.13. The van der Waals surface area contributed by atoms with Crippen LogP contribution < -0.4 is 4.74 Å². The molecule has 0 amide bonds. The number of ether oxygens (including phenoxy) is 1. The maximum absolute atomic E-state index is 11.3. The van der Waals surface area contributed by atoms with Gasteiger partial charge in [-0.1, -0.05) is 19.4 Å². The highest BCUT2D eigenvalue weighted by atomic mass is 16.5. The summed E-state index contributed by atoms with van der Waals surface area (Å²) in [7, 11) is 0. The highest BCUT2D eigenvalue weighted by Crippen LogP contribution is 2.23. The van der Waals surface area contributed by atoms with Crippen LogP contribution in [-0.2, 0) is 4.79 Å². The number of esters is 1. The molecular weight excluding hydrogens is 192 g/mol. The predicted molar refractivity (Wildman–Crippen MR) is 58.0 cm³/mol. The number of hydrogen-bond donors (Lipinski definition) is 1. The molecule has 0 fully saturated rings. The summed E-state index contributed by atoms with van der Waals surface area (Å²) < 4.78 is 5.13. The van der Waals surface area contributed by atoms with Crippen molar-refractivity contribution in [2.24, 2.45) is 0 Å². The topological polar surface area (TPSA) is 46.5 Å². The highest BCUT2D eigenvalue weighted by Gasteiger charge is 2.07. The fourth-order valence-electron chi connectivity index (χ4n) is 1.19. The minimum Gasteiger partial charge on any atom is -0.508 e. The highest BCUT2D eigenvalue weighted by molar-refractivity contribution is 5.72. The average molecular weight is 208 g/mol. The summed E-state index contributed by atoms with van der Waals surface area (Å²) in [6.07, 6.45) is 2.22. The minimum absolute atomic E-state index is 0.110. The smallest absolute Gasteiger partial charge is 0.311 e. The molecule has 15 heavy (non-hydrogen) atoms. The molecule has 0 aliphatic carbocycles. The van der Waals surface area contributed by atoms with E-state index in [9.17, 15) is 9.90 Å². The third-order valence-corrected chi connectivity index (χ3v) is 2.13. The number of aromatic hydroxyl groups is 1. The van der Waals surface area contributed by atoms with E-state index in [-0.39, 0.29) is 11.7 Å². The van der Waals surface area contributed by atoms with Crippen LogP contribution in [0.25, 0.3) is 0 Å². The molecule has 3 heteroatoms. The molecule has 3 nitrogen and oxygen atoms in total. The van der Waals surface area contributed by atoms with Crippen molar-refractivity contribution >= 4 is 5.97 Å². The fourth-order valence-corrected chi connectivity index (χ4v) is 1.19. The average Bonchev–Trinajstić information content (AvgIpc) is 2.20. The molecule has 0 saturated heterocycles. The SMILES string of the molecule is CCCCC(=O)Oc1cc(O)ccc1C. The van der Waals surface area contributed by atoms with Crippen molar-refractivity contribution < 1.29 is 14.6 Å². The van der Waals surface area contributed by atoms with E-state index in [1.807, 2.05) is 13.8 Å². The second-order valence-electron chi connectivity index (χ2n) is 3.53. The zero-order valence-electron chi connectivity index (χ0n) is 9.12. The molecule has 0 radical (unpaired) electrons. The molecule has 0 heterocycles. The van der Waals surface area contributed by atoms with Gasteiger partial charge in [-0.25, -0.2) is 0 Å². The largest absolute Gasteiger partial charge is 0.508 e. The number of phenolic OH excluding ortho intramolecular Hbond substituents is 1. The first-order chi connectivity index (χ1) is 7.13. The van der Waals surface area contributed by atoms with Crippen molar-refractivity contribution in [1.82, 2.24) is 0 Å². The zero-order valence-corrected chi connectivity index (χ0v) is 9.12. The molecule has 0 aliphatic heterocycles. The molecule has 0 saturated carbocycles. The van der Waals surface area contributed by atoms with Crippen LogP contribution >= 0.6 is 0 Å². The number of phenols is 1. The van der Waals surface area contributed by atoms with Gasteiger partial charge in [-0.2, -0.15) is 0 Å². The lowest BCUT2D eigenvalue weighted by atomic mass is 10.2. The Labute approximate surface area is 89.7 Å². The van der Waals surface area contributed by atoms with Gasteiger partial charge >= 0.3 is 5.97 Å². The monoisotopic (exact) mass is 208 g/mol. The Bertz CT molecular complexity index is 345. The van der Waals surface area contributed by atoms with Gasteiger partial charge in [-0.15, -0.1) is 0 Å².